The third-order valence-electron chi connectivity index (χ3n) is 3.82. The standard InChI is InChI=1S/C20H20N2O2/c1-15(2)13-14-18-19(23)21(16-9-5-3-6-10-16)22(20(18)24)17-11-7-4-8-12-17/h3-13,23H,14H2,1-2H3/p-1. The van der Waals surface area contributed by atoms with Crippen LogP contribution in [0.25, 0.3) is 11.4 Å². The van der Waals surface area contributed by atoms with Crippen LogP contribution >= 0.6 is 0 Å². The summed E-state index contributed by atoms with van der Waals surface area (Å²) >= 11 is 0. The lowest BCUT2D eigenvalue weighted by molar-refractivity contribution is -0.279. The average molecular weight is 319 g/mol. The number of para-hydroxylation sites is 2. The first kappa shape index (κ1) is 15.9. The fourth-order valence-electron chi connectivity index (χ4n) is 2.61. The number of rotatable bonds is 4. The molecule has 3 rings (SSSR count). The van der Waals surface area contributed by atoms with Gasteiger partial charge in [0.15, 0.2) is 0 Å². The first-order valence-electron chi connectivity index (χ1n) is 7.87. The number of hydrogen-bond acceptors (Lipinski definition) is 2. The summed E-state index contributed by atoms with van der Waals surface area (Å²) in [6, 6.07) is 18.5. The first-order chi connectivity index (χ1) is 11.6. The molecule has 0 aliphatic heterocycles. The molecule has 0 saturated heterocycles. The van der Waals surface area contributed by atoms with Crippen LogP contribution in [0, 0.1) is 0 Å². The molecule has 4 nitrogen and oxygen atoms in total. The molecule has 1 heterocycles. The molecule has 0 amide bonds. The van der Waals surface area contributed by atoms with E-state index in [2.05, 4.69) is 0 Å². The van der Waals surface area contributed by atoms with Crippen molar-refractivity contribution in [2.24, 2.45) is 0 Å². The summed E-state index contributed by atoms with van der Waals surface area (Å²) in [5.74, 6) is -0.271. The smallest absolute Gasteiger partial charge is 0.274 e. The Kier molecular flexibility index (Phi) is 4.38. The number of allylic oxidation sites excluding steroid dienone is 2. The minimum atomic E-state index is -0.271. The van der Waals surface area contributed by atoms with Crippen molar-refractivity contribution in [3.05, 3.63) is 88.2 Å². The third-order valence-corrected chi connectivity index (χ3v) is 3.82. The molecule has 0 atom stereocenters. The largest absolute Gasteiger partial charge is 0.858 e. The summed E-state index contributed by atoms with van der Waals surface area (Å²) < 4.78 is 2.90. The van der Waals surface area contributed by atoms with Gasteiger partial charge in [-0.05, 0) is 50.4 Å². The quantitative estimate of drug-likeness (QED) is 0.693. The zero-order valence-corrected chi connectivity index (χ0v) is 13.8. The van der Waals surface area contributed by atoms with Crippen LogP contribution in [0.1, 0.15) is 19.4 Å². The Bertz CT molecular complexity index is 916. The van der Waals surface area contributed by atoms with Gasteiger partial charge >= 0.3 is 0 Å². The number of nitrogens with zero attached hydrogens (tertiary/aromatic N) is 2. The summed E-state index contributed by atoms with van der Waals surface area (Å²) in [6.45, 7) is 3.91. The summed E-state index contributed by atoms with van der Waals surface area (Å²) in [7, 11) is 0. The zero-order valence-electron chi connectivity index (χ0n) is 13.8. The van der Waals surface area contributed by atoms with Crippen molar-refractivity contribution in [3.63, 3.8) is 0 Å². The van der Waals surface area contributed by atoms with Gasteiger partial charge in [-0.3, -0.25) is 9.48 Å². The molecule has 0 saturated carbocycles. The van der Waals surface area contributed by atoms with E-state index < -0.39 is 0 Å². The molecule has 0 aliphatic rings. The summed E-state index contributed by atoms with van der Waals surface area (Å²) in [5, 5.41) is 12.9. The average Bonchev–Trinajstić information content (AvgIpc) is 2.85. The van der Waals surface area contributed by atoms with E-state index >= 15 is 0 Å². The molecule has 4 heteroatoms. The van der Waals surface area contributed by atoms with E-state index in [0.29, 0.717) is 17.8 Å². The van der Waals surface area contributed by atoms with E-state index in [9.17, 15) is 9.90 Å². The molecular weight excluding hydrogens is 300 g/mol. The first-order valence-corrected chi connectivity index (χ1v) is 7.87. The lowest BCUT2D eigenvalue weighted by Crippen LogP contribution is -2.21. The highest BCUT2D eigenvalue weighted by molar-refractivity contribution is 5.43. The van der Waals surface area contributed by atoms with E-state index in [1.165, 1.54) is 9.36 Å². The Labute approximate surface area is 140 Å². The molecule has 122 valence electrons. The molecule has 0 aliphatic carbocycles. The van der Waals surface area contributed by atoms with E-state index in [-0.39, 0.29) is 17.0 Å². The molecule has 1 aromatic heterocycles. The van der Waals surface area contributed by atoms with Crippen molar-refractivity contribution in [1.82, 2.24) is 9.36 Å². The minimum Gasteiger partial charge on any atom is -0.858 e. The Hall–Kier alpha value is -3.01. The molecular formula is C20H19N2O2-. The highest BCUT2D eigenvalue weighted by Crippen LogP contribution is 2.21. The predicted octanol–water partition coefficient (Wildman–Crippen LogP) is 3.21. The van der Waals surface area contributed by atoms with E-state index in [4.69, 9.17) is 0 Å². The molecule has 2 aromatic carbocycles. The summed E-state index contributed by atoms with van der Waals surface area (Å²) in [6.07, 6.45) is 2.25. The van der Waals surface area contributed by atoms with Crippen LogP contribution in [0.3, 0.4) is 0 Å². The molecule has 0 unspecified atom stereocenters. The van der Waals surface area contributed by atoms with Gasteiger partial charge in [0.1, 0.15) is 0 Å². The number of hydrogen-bond donors (Lipinski definition) is 0. The molecule has 24 heavy (non-hydrogen) atoms. The van der Waals surface area contributed by atoms with Crippen molar-refractivity contribution in [2.75, 3.05) is 0 Å². The van der Waals surface area contributed by atoms with Crippen molar-refractivity contribution in [3.8, 4) is 17.3 Å². The molecule has 0 fully saturated rings. The zero-order chi connectivity index (χ0) is 17.1. The van der Waals surface area contributed by atoms with Gasteiger partial charge in [0.05, 0.1) is 11.4 Å². The van der Waals surface area contributed by atoms with Gasteiger partial charge in [-0.15, -0.1) is 0 Å². The molecule has 0 N–H and O–H groups in total. The van der Waals surface area contributed by atoms with Crippen LogP contribution in [-0.4, -0.2) is 9.36 Å². The van der Waals surface area contributed by atoms with E-state index in [0.717, 1.165) is 5.57 Å². The maximum absolute atomic E-state index is 12.9. The van der Waals surface area contributed by atoms with Crippen molar-refractivity contribution >= 4 is 0 Å². The van der Waals surface area contributed by atoms with Crippen molar-refractivity contribution in [2.45, 2.75) is 20.3 Å². The maximum Gasteiger partial charge on any atom is 0.274 e. The van der Waals surface area contributed by atoms with Gasteiger partial charge in [0.2, 0.25) is 0 Å². The lowest BCUT2D eigenvalue weighted by Gasteiger charge is -2.17. The van der Waals surface area contributed by atoms with Gasteiger partial charge in [-0.25, -0.2) is 4.68 Å². The minimum absolute atomic E-state index is 0.271. The van der Waals surface area contributed by atoms with Crippen molar-refractivity contribution in [1.29, 1.82) is 0 Å². The van der Waals surface area contributed by atoms with Crippen LogP contribution in [0.5, 0.6) is 5.88 Å². The second-order valence-electron chi connectivity index (χ2n) is 5.87. The van der Waals surface area contributed by atoms with Crippen LogP contribution in [-0.2, 0) is 6.42 Å². The monoisotopic (exact) mass is 319 g/mol. The summed E-state index contributed by atoms with van der Waals surface area (Å²) in [4.78, 5) is 12.9. The lowest BCUT2D eigenvalue weighted by atomic mass is 10.2. The fraction of sp³-hybridized carbons (Fsp3) is 0.150. The van der Waals surface area contributed by atoms with Crippen molar-refractivity contribution < 1.29 is 5.11 Å². The van der Waals surface area contributed by atoms with Gasteiger partial charge in [0.25, 0.3) is 5.56 Å². The maximum atomic E-state index is 12.9. The number of benzene rings is 2. The Morgan fingerprint density at radius 3 is 1.92 bits per heavy atom. The molecule has 0 bridgehead atoms. The highest BCUT2D eigenvalue weighted by Gasteiger charge is 2.15. The fourth-order valence-corrected chi connectivity index (χ4v) is 2.61. The summed E-state index contributed by atoms with van der Waals surface area (Å²) in [5.41, 5.74) is 2.43. The molecule has 3 aromatic rings. The van der Waals surface area contributed by atoms with Gasteiger partial charge in [-0.1, -0.05) is 48.0 Å². The Balaban J connectivity index is 2.28. The Morgan fingerprint density at radius 1 is 0.917 bits per heavy atom. The van der Waals surface area contributed by atoms with Gasteiger partial charge < -0.3 is 5.11 Å². The van der Waals surface area contributed by atoms with Crippen LogP contribution in [0.15, 0.2) is 77.1 Å². The third kappa shape index (κ3) is 2.91. The van der Waals surface area contributed by atoms with Crippen LogP contribution < -0.4 is 10.7 Å². The normalized spacial score (nSPS) is 10.6. The number of aromatic nitrogens is 2. The second kappa shape index (κ2) is 6.62. The van der Waals surface area contributed by atoms with Crippen LogP contribution in [0.2, 0.25) is 0 Å². The highest BCUT2D eigenvalue weighted by atomic mass is 16.3. The molecule has 0 spiro atoms. The Morgan fingerprint density at radius 2 is 1.42 bits per heavy atom. The van der Waals surface area contributed by atoms with Gasteiger partial charge in [0, 0.05) is 5.56 Å². The van der Waals surface area contributed by atoms with E-state index in [1.807, 2.05) is 80.6 Å². The second-order valence-corrected chi connectivity index (χ2v) is 5.87. The topological polar surface area (TPSA) is 50.0 Å². The SMILES string of the molecule is CC(C)=CCc1c([O-])n(-c2ccccc2)n(-c2ccccc2)c1=O. The molecule has 0 radical (unpaired) electrons. The van der Waals surface area contributed by atoms with Gasteiger partial charge in [-0.2, -0.15) is 0 Å². The van der Waals surface area contributed by atoms with E-state index in [1.54, 1.807) is 0 Å². The van der Waals surface area contributed by atoms with Crippen LogP contribution in [0.4, 0.5) is 0 Å². The predicted molar refractivity (Wildman–Crippen MR) is 93.9 cm³/mol.